The maximum Gasteiger partial charge on any atom is 0.410 e. The first-order valence-corrected chi connectivity index (χ1v) is 8.86. The topological polar surface area (TPSA) is 49.9 Å². The number of amides is 2. The van der Waals surface area contributed by atoms with Crippen LogP contribution in [0.3, 0.4) is 0 Å². The zero-order chi connectivity index (χ0) is 17.2. The smallest absolute Gasteiger partial charge is 0.410 e. The standard InChI is InChI=1S/C17H26N2O3S/c1-12-8-10-23-14(12)15(20)18(5)11-13-7-6-9-19(13)16(21)22-17(2,3)4/h8,10,13H,6-7,9,11H2,1-5H3/t13-/m0/s1. The summed E-state index contributed by atoms with van der Waals surface area (Å²) in [6.45, 7) is 8.77. The molecule has 2 heterocycles. The summed E-state index contributed by atoms with van der Waals surface area (Å²) in [6.07, 6.45) is 1.57. The third kappa shape index (κ3) is 4.47. The van der Waals surface area contributed by atoms with Gasteiger partial charge in [0.15, 0.2) is 0 Å². The summed E-state index contributed by atoms with van der Waals surface area (Å²) in [7, 11) is 1.80. The Balaban J connectivity index is 1.99. The molecule has 0 saturated carbocycles. The summed E-state index contributed by atoms with van der Waals surface area (Å²) in [6, 6.07) is 1.98. The molecule has 0 bridgehead atoms. The molecule has 1 aliphatic rings. The van der Waals surface area contributed by atoms with Crippen LogP contribution in [0.25, 0.3) is 0 Å². The highest BCUT2D eigenvalue weighted by Crippen LogP contribution is 2.23. The monoisotopic (exact) mass is 338 g/mol. The van der Waals surface area contributed by atoms with E-state index in [-0.39, 0.29) is 18.0 Å². The maximum absolute atomic E-state index is 12.5. The van der Waals surface area contributed by atoms with E-state index in [0.717, 1.165) is 23.3 Å². The lowest BCUT2D eigenvalue weighted by Crippen LogP contribution is -2.45. The molecule has 1 saturated heterocycles. The number of ether oxygens (including phenoxy) is 1. The second-order valence-corrected chi connectivity index (χ2v) is 8.00. The van der Waals surface area contributed by atoms with Crippen LogP contribution >= 0.6 is 11.3 Å². The van der Waals surface area contributed by atoms with Gasteiger partial charge in [0.1, 0.15) is 5.60 Å². The van der Waals surface area contributed by atoms with Gasteiger partial charge in [-0.3, -0.25) is 4.79 Å². The van der Waals surface area contributed by atoms with Gasteiger partial charge in [0.25, 0.3) is 5.91 Å². The van der Waals surface area contributed by atoms with E-state index >= 15 is 0 Å². The Morgan fingerprint density at radius 1 is 1.43 bits per heavy atom. The van der Waals surface area contributed by atoms with Crippen molar-refractivity contribution in [3.8, 4) is 0 Å². The predicted molar refractivity (Wildman–Crippen MR) is 92.0 cm³/mol. The average molecular weight is 338 g/mol. The van der Waals surface area contributed by atoms with Gasteiger partial charge in [-0.05, 0) is 57.5 Å². The Morgan fingerprint density at radius 2 is 2.13 bits per heavy atom. The molecule has 0 N–H and O–H groups in total. The van der Waals surface area contributed by atoms with Crippen LogP contribution in [0.5, 0.6) is 0 Å². The Morgan fingerprint density at radius 3 is 2.70 bits per heavy atom. The minimum absolute atomic E-state index is 0.0218. The third-order valence-corrected chi connectivity index (χ3v) is 4.90. The number of hydrogen-bond donors (Lipinski definition) is 0. The van der Waals surface area contributed by atoms with E-state index in [1.165, 1.54) is 11.3 Å². The van der Waals surface area contributed by atoms with Crippen LogP contribution in [0, 0.1) is 6.92 Å². The molecule has 1 atom stereocenters. The van der Waals surface area contributed by atoms with Crippen LogP contribution in [0.4, 0.5) is 4.79 Å². The van der Waals surface area contributed by atoms with Crippen LogP contribution in [0.1, 0.15) is 48.8 Å². The van der Waals surface area contributed by atoms with E-state index in [4.69, 9.17) is 4.74 Å². The normalized spacial score (nSPS) is 18.1. The van der Waals surface area contributed by atoms with Crippen molar-refractivity contribution in [3.05, 3.63) is 21.9 Å². The number of nitrogens with zero attached hydrogens (tertiary/aromatic N) is 2. The summed E-state index contributed by atoms with van der Waals surface area (Å²) in [4.78, 5) is 29.1. The molecule has 1 fully saturated rings. The maximum atomic E-state index is 12.5. The van der Waals surface area contributed by atoms with Crippen molar-refractivity contribution in [3.63, 3.8) is 0 Å². The van der Waals surface area contributed by atoms with Gasteiger partial charge >= 0.3 is 6.09 Å². The third-order valence-electron chi connectivity index (χ3n) is 3.89. The molecule has 5 nitrogen and oxygen atoms in total. The van der Waals surface area contributed by atoms with Crippen molar-refractivity contribution in [2.45, 2.75) is 52.2 Å². The van der Waals surface area contributed by atoms with Crippen molar-refractivity contribution < 1.29 is 14.3 Å². The lowest BCUT2D eigenvalue weighted by Gasteiger charge is -2.30. The lowest BCUT2D eigenvalue weighted by atomic mass is 10.2. The molecule has 2 amide bonds. The van der Waals surface area contributed by atoms with E-state index in [0.29, 0.717) is 13.1 Å². The summed E-state index contributed by atoms with van der Waals surface area (Å²) in [5.41, 5.74) is 0.502. The van der Waals surface area contributed by atoms with Gasteiger partial charge in [-0.15, -0.1) is 11.3 Å². The van der Waals surface area contributed by atoms with Crippen molar-refractivity contribution in [2.75, 3.05) is 20.1 Å². The highest BCUT2D eigenvalue weighted by atomic mass is 32.1. The fourth-order valence-corrected chi connectivity index (χ4v) is 3.67. The minimum Gasteiger partial charge on any atom is -0.444 e. The Kier molecular flexibility index (Phi) is 5.34. The first-order chi connectivity index (χ1) is 10.7. The van der Waals surface area contributed by atoms with Gasteiger partial charge in [-0.2, -0.15) is 0 Å². The molecule has 0 aromatic carbocycles. The lowest BCUT2D eigenvalue weighted by molar-refractivity contribution is 0.0199. The summed E-state index contributed by atoms with van der Waals surface area (Å²) < 4.78 is 5.47. The molecule has 128 valence electrons. The fraction of sp³-hybridized carbons (Fsp3) is 0.647. The highest BCUT2D eigenvalue weighted by molar-refractivity contribution is 7.12. The van der Waals surface area contributed by atoms with Gasteiger partial charge in [0.2, 0.25) is 0 Å². The minimum atomic E-state index is -0.500. The van der Waals surface area contributed by atoms with Crippen molar-refractivity contribution in [2.24, 2.45) is 0 Å². The number of carbonyl (C=O) groups excluding carboxylic acids is 2. The Hall–Kier alpha value is -1.56. The molecule has 0 spiro atoms. The van der Waals surface area contributed by atoms with E-state index in [9.17, 15) is 9.59 Å². The fourth-order valence-electron chi connectivity index (χ4n) is 2.75. The van der Waals surface area contributed by atoms with Gasteiger partial charge in [0.05, 0.1) is 10.9 Å². The van der Waals surface area contributed by atoms with Gasteiger partial charge in [0, 0.05) is 20.1 Å². The van der Waals surface area contributed by atoms with Crippen LogP contribution in [-0.2, 0) is 4.74 Å². The molecule has 0 unspecified atom stereocenters. The molecular formula is C17H26N2O3S. The Labute approximate surface area is 142 Å². The molecule has 1 aliphatic heterocycles. The number of likely N-dealkylation sites (tertiary alicyclic amines) is 1. The second kappa shape index (κ2) is 6.91. The van der Waals surface area contributed by atoms with Crippen molar-refractivity contribution in [1.82, 2.24) is 9.80 Å². The van der Waals surface area contributed by atoms with E-state index in [2.05, 4.69) is 0 Å². The first-order valence-electron chi connectivity index (χ1n) is 7.98. The van der Waals surface area contributed by atoms with Crippen LogP contribution in [-0.4, -0.2) is 53.6 Å². The summed E-state index contributed by atoms with van der Waals surface area (Å²) in [5, 5.41) is 1.93. The van der Waals surface area contributed by atoms with Crippen LogP contribution < -0.4 is 0 Å². The highest BCUT2D eigenvalue weighted by Gasteiger charge is 2.33. The van der Waals surface area contributed by atoms with E-state index in [1.54, 1.807) is 16.8 Å². The quantitative estimate of drug-likeness (QED) is 0.847. The number of carbonyl (C=O) groups is 2. The molecule has 0 radical (unpaired) electrons. The molecule has 6 heteroatoms. The Bertz CT molecular complexity index is 577. The van der Waals surface area contributed by atoms with Crippen molar-refractivity contribution in [1.29, 1.82) is 0 Å². The summed E-state index contributed by atoms with van der Waals surface area (Å²) in [5.74, 6) is 0.0218. The van der Waals surface area contributed by atoms with Crippen LogP contribution in [0.15, 0.2) is 11.4 Å². The number of rotatable bonds is 3. The van der Waals surface area contributed by atoms with E-state index in [1.807, 2.05) is 39.1 Å². The van der Waals surface area contributed by atoms with Gasteiger partial charge < -0.3 is 14.5 Å². The van der Waals surface area contributed by atoms with Crippen molar-refractivity contribution >= 4 is 23.3 Å². The zero-order valence-electron chi connectivity index (χ0n) is 14.6. The second-order valence-electron chi connectivity index (χ2n) is 7.09. The predicted octanol–water partition coefficient (Wildman–Crippen LogP) is 3.53. The molecule has 2 rings (SSSR count). The molecule has 23 heavy (non-hydrogen) atoms. The summed E-state index contributed by atoms with van der Waals surface area (Å²) >= 11 is 1.46. The number of hydrogen-bond acceptors (Lipinski definition) is 4. The SMILES string of the molecule is Cc1ccsc1C(=O)N(C)C[C@@H]1CCCN1C(=O)OC(C)(C)C. The van der Waals surface area contributed by atoms with Gasteiger partial charge in [-0.1, -0.05) is 0 Å². The average Bonchev–Trinajstić information content (AvgIpc) is 3.04. The first kappa shape index (κ1) is 17.8. The van der Waals surface area contributed by atoms with E-state index < -0.39 is 5.60 Å². The largest absolute Gasteiger partial charge is 0.444 e. The number of aryl methyl sites for hydroxylation is 1. The zero-order valence-corrected chi connectivity index (χ0v) is 15.4. The molecule has 0 aliphatic carbocycles. The number of likely N-dealkylation sites (N-methyl/N-ethyl adjacent to an activating group) is 1. The molecular weight excluding hydrogens is 312 g/mol. The van der Waals surface area contributed by atoms with Crippen LogP contribution in [0.2, 0.25) is 0 Å². The molecule has 1 aromatic rings. The van der Waals surface area contributed by atoms with Gasteiger partial charge in [-0.25, -0.2) is 4.79 Å². The number of thiophene rings is 1. The molecule has 1 aromatic heterocycles.